The quantitative estimate of drug-likeness (QED) is 0.287. The second-order valence-corrected chi connectivity index (χ2v) is 15.7. The van der Waals surface area contributed by atoms with Crippen LogP contribution < -0.4 is 5.32 Å². The van der Waals surface area contributed by atoms with E-state index in [-0.39, 0.29) is 28.7 Å². The zero-order valence-electron chi connectivity index (χ0n) is 25.0. The SMILES string of the molecule is COCC1CC(S(=O)(=O)c2ccccc2)CN1Cc1ccc(C(=O)NC(CCS(C)(=O)=O)C(=O)O)c(-c2ccccc2C)c1. The summed E-state index contributed by atoms with van der Waals surface area (Å²) in [6, 6.07) is 19.7. The van der Waals surface area contributed by atoms with Gasteiger partial charge >= 0.3 is 5.97 Å². The van der Waals surface area contributed by atoms with Crippen molar-refractivity contribution in [2.24, 2.45) is 0 Å². The summed E-state index contributed by atoms with van der Waals surface area (Å²) in [5.74, 6) is -2.34. The second kappa shape index (κ2) is 14.0. The van der Waals surface area contributed by atoms with Gasteiger partial charge < -0.3 is 15.2 Å². The molecule has 3 aromatic rings. The number of sulfone groups is 2. The molecule has 1 heterocycles. The molecule has 0 aromatic heterocycles. The highest BCUT2D eigenvalue weighted by atomic mass is 32.2. The molecule has 1 aliphatic heterocycles. The molecule has 0 radical (unpaired) electrons. The Hall–Kier alpha value is -3.58. The van der Waals surface area contributed by atoms with Gasteiger partial charge in [0.2, 0.25) is 0 Å². The summed E-state index contributed by atoms with van der Waals surface area (Å²) in [6.45, 7) is 2.98. The average Bonchev–Trinajstić information content (AvgIpc) is 3.38. The number of amides is 1. The number of carbonyl (C=O) groups excluding carboxylic acids is 1. The summed E-state index contributed by atoms with van der Waals surface area (Å²) in [7, 11) is -5.40. The maximum atomic E-state index is 13.5. The summed E-state index contributed by atoms with van der Waals surface area (Å²) in [4.78, 5) is 27.7. The molecule has 10 nitrogen and oxygen atoms in total. The molecule has 0 saturated carbocycles. The number of nitrogens with zero attached hydrogens (tertiary/aromatic N) is 1. The standard InChI is InChI=1S/C32H38N2O8S2/c1-22-9-7-8-12-27(22)29-17-23(13-14-28(29)31(35)33-30(32(36)37)15-16-43(3,38)39)19-34-20-26(18-24(34)21-42-2)44(40,41)25-10-5-4-6-11-25/h4-14,17,24,26,30H,15-16,18-21H2,1-3H3,(H,33,35)(H,36,37). The first kappa shape index (κ1) is 33.3. The molecule has 2 N–H and O–H groups in total. The number of likely N-dealkylation sites (tertiary alicyclic amines) is 1. The molecule has 1 amide bonds. The Kier molecular flexibility index (Phi) is 10.6. The van der Waals surface area contributed by atoms with Crippen LogP contribution in [0, 0.1) is 6.92 Å². The molecular weight excluding hydrogens is 604 g/mol. The van der Waals surface area contributed by atoms with Crippen LogP contribution in [0.25, 0.3) is 11.1 Å². The number of benzene rings is 3. The van der Waals surface area contributed by atoms with Crippen LogP contribution in [-0.2, 0) is 35.8 Å². The lowest BCUT2D eigenvalue weighted by atomic mass is 9.93. The highest BCUT2D eigenvalue weighted by Crippen LogP contribution is 2.32. The number of hydrogen-bond donors (Lipinski definition) is 2. The minimum Gasteiger partial charge on any atom is -0.480 e. The molecule has 12 heteroatoms. The molecule has 1 saturated heterocycles. The van der Waals surface area contributed by atoms with E-state index in [1.54, 1.807) is 49.6 Å². The summed E-state index contributed by atoms with van der Waals surface area (Å²) in [5.41, 5.74) is 3.35. The third-order valence-corrected chi connectivity index (χ3v) is 11.0. The number of ether oxygens (including phenoxy) is 1. The Bertz CT molecular complexity index is 1710. The highest BCUT2D eigenvalue weighted by Gasteiger charge is 2.40. The van der Waals surface area contributed by atoms with Gasteiger partial charge in [-0.25, -0.2) is 21.6 Å². The van der Waals surface area contributed by atoms with E-state index in [0.29, 0.717) is 31.7 Å². The van der Waals surface area contributed by atoms with Crippen molar-refractivity contribution in [1.29, 1.82) is 0 Å². The second-order valence-electron chi connectivity index (χ2n) is 11.2. The van der Waals surface area contributed by atoms with Crippen molar-refractivity contribution in [3.8, 4) is 11.1 Å². The van der Waals surface area contributed by atoms with E-state index in [0.717, 1.165) is 22.9 Å². The summed E-state index contributed by atoms with van der Waals surface area (Å²) < 4.78 is 55.6. The molecular formula is C32H38N2O8S2. The van der Waals surface area contributed by atoms with Gasteiger partial charge in [0.1, 0.15) is 15.9 Å². The van der Waals surface area contributed by atoms with Crippen molar-refractivity contribution in [3.05, 3.63) is 89.5 Å². The molecule has 3 unspecified atom stereocenters. The summed E-state index contributed by atoms with van der Waals surface area (Å²) in [6.07, 6.45) is 1.17. The van der Waals surface area contributed by atoms with E-state index < -0.39 is 42.8 Å². The molecule has 4 rings (SSSR count). The maximum Gasteiger partial charge on any atom is 0.326 e. The van der Waals surface area contributed by atoms with Gasteiger partial charge in [0.05, 0.1) is 22.5 Å². The molecule has 3 atom stereocenters. The van der Waals surface area contributed by atoms with Gasteiger partial charge in [0, 0.05) is 38.1 Å². The zero-order chi connectivity index (χ0) is 32.1. The van der Waals surface area contributed by atoms with Gasteiger partial charge in [0.15, 0.2) is 9.84 Å². The fraction of sp³-hybridized carbons (Fsp3) is 0.375. The Morgan fingerprint density at radius 2 is 1.68 bits per heavy atom. The van der Waals surface area contributed by atoms with Crippen molar-refractivity contribution in [1.82, 2.24) is 10.2 Å². The summed E-state index contributed by atoms with van der Waals surface area (Å²) in [5, 5.41) is 11.5. The third-order valence-electron chi connectivity index (χ3n) is 7.89. The molecule has 0 bridgehead atoms. The monoisotopic (exact) mass is 642 g/mol. The largest absolute Gasteiger partial charge is 0.480 e. The van der Waals surface area contributed by atoms with Crippen LogP contribution in [-0.4, -0.2) is 88.3 Å². The number of nitrogens with one attached hydrogen (secondary N) is 1. The predicted octanol–water partition coefficient (Wildman–Crippen LogP) is 3.34. The fourth-order valence-electron chi connectivity index (χ4n) is 5.57. The molecule has 1 aliphatic rings. The van der Waals surface area contributed by atoms with Crippen molar-refractivity contribution >= 4 is 31.6 Å². The van der Waals surface area contributed by atoms with Gasteiger partial charge in [-0.15, -0.1) is 0 Å². The van der Waals surface area contributed by atoms with E-state index in [1.165, 1.54) is 0 Å². The van der Waals surface area contributed by atoms with Crippen LogP contribution in [0.3, 0.4) is 0 Å². The topological polar surface area (TPSA) is 147 Å². The number of methoxy groups -OCH3 is 1. The molecule has 236 valence electrons. The molecule has 1 fully saturated rings. The first-order valence-corrected chi connectivity index (χ1v) is 17.8. The molecule has 3 aromatic carbocycles. The van der Waals surface area contributed by atoms with Crippen LogP contribution in [0.15, 0.2) is 77.7 Å². The number of rotatable bonds is 13. The van der Waals surface area contributed by atoms with E-state index >= 15 is 0 Å². The fourth-order valence-corrected chi connectivity index (χ4v) is 8.02. The van der Waals surface area contributed by atoms with Gasteiger partial charge in [-0.3, -0.25) is 9.69 Å². The van der Waals surface area contributed by atoms with E-state index in [4.69, 9.17) is 4.74 Å². The van der Waals surface area contributed by atoms with Crippen molar-refractivity contribution in [2.45, 2.75) is 48.5 Å². The van der Waals surface area contributed by atoms with Crippen molar-refractivity contribution in [2.75, 3.05) is 32.3 Å². The van der Waals surface area contributed by atoms with Gasteiger partial charge in [0.25, 0.3) is 5.91 Å². The third kappa shape index (κ3) is 8.12. The van der Waals surface area contributed by atoms with E-state index in [2.05, 4.69) is 10.2 Å². The minimum atomic E-state index is -3.56. The number of carboxylic acid groups (broad SMARTS) is 1. The lowest BCUT2D eigenvalue weighted by Gasteiger charge is -2.24. The Labute approximate surface area is 258 Å². The Balaban J connectivity index is 1.64. The van der Waals surface area contributed by atoms with E-state index in [9.17, 15) is 31.5 Å². The van der Waals surface area contributed by atoms with Crippen LogP contribution in [0.5, 0.6) is 0 Å². The number of carboxylic acids is 1. The lowest BCUT2D eigenvalue weighted by molar-refractivity contribution is -0.139. The molecule has 0 aliphatic carbocycles. The van der Waals surface area contributed by atoms with Crippen LogP contribution in [0.2, 0.25) is 0 Å². The number of hydrogen-bond acceptors (Lipinski definition) is 8. The Morgan fingerprint density at radius 3 is 2.32 bits per heavy atom. The number of carbonyl (C=O) groups is 2. The highest BCUT2D eigenvalue weighted by molar-refractivity contribution is 7.92. The van der Waals surface area contributed by atoms with Gasteiger partial charge in [-0.2, -0.15) is 0 Å². The maximum absolute atomic E-state index is 13.5. The average molecular weight is 643 g/mol. The van der Waals surface area contributed by atoms with Crippen LogP contribution in [0.1, 0.15) is 34.3 Å². The number of aryl methyl sites for hydroxylation is 1. The molecule has 44 heavy (non-hydrogen) atoms. The molecule has 0 spiro atoms. The minimum absolute atomic E-state index is 0.139. The van der Waals surface area contributed by atoms with E-state index in [1.807, 2.05) is 37.3 Å². The smallest absolute Gasteiger partial charge is 0.326 e. The van der Waals surface area contributed by atoms with Gasteiger partial charge in [-0.05, 0) is 66.3 Å². The normalized spacial score (nSPS) is 18.2. The first-order valence-electron chi connectivity index (χ1n) is 14.2. The van der Waals surface area contributed by atoms with Crippen LogP contribution >= 0.6 is 0 Å². The van der Waals surface area contributed by atoms with Crippen molar-refractivity contribution < 1.29 is 36.3 Å². The first-order chi connectivity index (χ1) is 20.8. The summed E-state index contributed by atoms with van der Waals surface area (Å²) >= 11 is 0. The lowest BCUT2D eigenvalue weighted by Crippen LogP contribution is -2.42. The number of aliphatic carboxylic acids is 1. The Morgan fingerprint density at radius 1 is 1.00 bits per heavy atom. The predicted molar refractivity (Wildman–Crippen MR) is 168 cm³/mol. The van der Waals surface area contributed by atoms with Gasteiger partial charge in [-0.1, -0.05) is 48.5 Å². The van der Waals surface area contributed by atoms with Crippen LogP contribution in [0.4, 0.5) is 0 Å². The van der Waals surface area contributed by atoms with Crippen molar-refractivity contribution in [3.63, 3.8) is 0 Å². The zero-order valence-corrected chi connectivity index (χ0v) is 26.6.